The van der Waals surface area contributed by atoms with Crippen molar-refractivity contribution in [2.75, 3.05) is 5.32 Å². The molecule has 0 fully saturated rings. The number of hydrogen-bond donors (Lipinski definition) is 3. The monoisotopic (exact) mass is 307 g/mol. The van der Waals surface area contributed by atoms with Gasteiger partial charge in [-0.05, 0) is 23.8 Å². The van der Waals surface area contributed by atoms with Crippen molar-refractivity contribution >= 4 is 17.6 Å². The molecular formula is C18H17N3O2. The van der Waals surface area contributed by atoms with Crippen LogP contribution in [0.3, 0.4) is 0 Å². The minimum absolute atomic E-state index is 0.338. The molecule has 5 heteroatoms. The minimum Gasteiger partial charge on any atom is -0.352 e. The Morgan fingerprint density at radius 2 is 1.87 bits per heavy atom. The van der Waals surface area contributed by atoms with Gasteiger partial charge in [-0.15, -0.1) is 6.42 Å². The molecule has 0 spiro atoms. The van der Waals surface area contributed by atoms with Gasteiger partial charge >= 0.3 is 6.03 Å². The first-order valence-electron chi connectivity index (χ1n) is 7.06. The Kier molecular flexibility index (Phi) is 5.37. The van der Waals surface area contributed by atoms with Gasteiger partial charge in [0.05, 0.1) is 0 Å². The van der Waals surface area contributed by atoms with Crippen LogP contribution in [0.25, 0.3) is 0 Å². The SMILES string of the molecule is C#Cc1cccc(NC(=O)[C@H](Cc2ccccc2)NC(N)=O)c1. The molecule has 0 saturated heterocycles. The summed E-state index contributed by atoms with van der Waals surface area (Å²) in [5.74, 6) is 2.14. The maximum absolute atomic E-state index is 12.4. The normalized spacial score (nSPS) is 11.1. The topological polar surface area (TPSA) is 84.2 Å². The maximum Gasteiger partial charge on any atom is 0.312 e. The number of primary amides is 1. The van der Waals surface area contributed by atoms with Gasteiger partial charge < -0.3 is 16.4 Å². The molecule has 0 radical (unpaired) electrons. The van der Waals surface area contributed by atoms with E-state index in [1.54, 1.807) is 24.3 Å². The zero-order valence-electron chi connectivity index (χ0n) is 12.5. The first-order chi connectivity index (χ1) is 11.1. The van der Waals surface area contributed by atoms with E-state index in [1.165, 1.54) is 0 Å². The highest BCUT2D eigenvalue weighted by atomic mass is 16.2. The van der Waals surface area contributed by atoms with Gasteiger partial charge in [0.25, 0.3) is 0 Å². The average Bonchev–Trinajstić information content (AvgIpc) is 2.55. The van der Waals surface area contributed by atoms with Gasteiger partial charge in [0.2, 0.25) is 5.91 Å². The van der Waals surface area contributed by atoms with Crippen molar-refractivity contribution < 1.29 is 9.59 Å². The van der Waals surface area contributed by atoms with Crippen LogP contribution in [0, 0.1) is 12.3 Å². The Morgan fingerprint density at radius 1 is 1.13 bits per heavy atom. The second-order valence-corrected chi connectivity index (χ2v) is 4.97. The van der Waals surface area contributed by atoms with Crippen LogP contribution < -0.4 is 16.4 Å². The zero-order valence-corrected chi connectivity index (χ0v) is 12.5. The van der Waals surface area contributed by atoms with E-state index in [1.807, 2.05) is 30.3 Å². The Bertz CT molecular complexity index is 735. The summed E-state index contributed by atoms with van der Waals surface area (Å²) in [6.07, 6.45) is 5.68. The second-order valence-electron chi connectivity index (χ2n) is 4.97. The fourth-order valence-electron chi connectivity index (χ4n) is 2.15. The molecule has 2 aromatic rings. The van der Waals surface area contributed by atoms with E-state index in [2.05, 4.69) is 16.6 Å². The van der Waals surface area contributed by atoms with Crippen LogP contribution in [0.2, 0.25) is 0 Å². The molecule has 0 aliphatic carbocycles. The lowest BCUT2D eigenvalue weighted by atomic mass is 10.1. The molecule has 0 aromatic heterocycles. The van der Waals surface area contributed by atoms with Gasteiger partial charge in [0, 0.05) is 17.7 Å². The number of rotatable bonds is 5. The molecule has 5 nitrogen and oxygen atoms in total. The molecule has 2 rings (SSSR count). The number of hydrogen-bond acceptors (Lipinski definition) is 2. The van der Waals surface area contributed by atoms with E-state index >= 15 is 0 Å². The van der Waals surface area contributed by atoms with Crippen LogP contribution in [0.1, 0.15) is 11.1 Å². The maximum atomic E-state index is 12.4. The number of urea groups is 1. The van der Waals surface area contributed by atoms with Gasteiger partial charge in [-0.3, -0.25) is 4.79 Å². The van der Waals surface area contributed by atoms with Crippen molar-refractivity contribution in [2.24, 2.45) is 5.73 Å². The summed E-state index contributed by atoms with van der Waals surface area (Å²) in [6.45, 7) is 0. The number of anilines is 1. The summed E-state index contributed by atoms with van der Waals surface area (Å²) in [4.78, 5) is 23.6. The number of terminal acetylenes is 1. The highest BCUT2D eigenvalue weighted by Gasteiger charge is 2.20. The van der Waals surface area contributed by atoms with Crippen molar-refractivity contribution in [1.82, 2.24) is 5.32 Å². The predicted octanol–water partition coefficient (Wildman–Crippen LogP) is 1.89. The molecular weight excluding hydrogens is 290 g/mol. The minimum atomic E-state index is -0.774. The molecule has 0 aliphatic rings. The summed E-state index contributed by atoms with van der Waals surface area (Å²) in [7, 11) is 0. The van der Waals surface area contributed by atoms with Crippen molar-refractivity contribution in [2.45, 2.75) is 12.5 Å². The third kappa shape index (κ3) is 4.90. The summed E-state index contributed by atoms with van der Waals surface area (Å²) < 4.78 is 0. The zero-order chi connectivity index (χ0) is 16.7. The standard InChI is InChI=1S/C18H17N3O2/c1-2-13-9-6-10-15(11-13)20-17(22)16(21-18(19)23)12-14-7-4-3-5-8-14/h1,3-11,16H,12H2,(H,20,22)(H3,19,21,23)/t16-/m0/s1. The average molecular weight is 307 g/mol. The molecule has 3 amide bonds. The van der Waals surface area contributed by atoms with Crippen molar-refractivity contribution in [3.63, 3.8) is 0 Å². The molecule has 23 heavy (non-hydrogen) atoms. The van der Waals surface area contributed by atoms with Crippen LogP contribution in [-0.2, 0) is 11.2 Å². The van der Waals surface area contributed by atoms with E-state index in [9.17, 15) is 9.59 Å². The van der Waals surface area contributed by atoms with E-state index in [-0.39, 0.29) is 5.91 Å². The summed E-state index contributed by atoms with van der Waals surface area (Å²) in [5.41, 5.74) is 7.31. The van der Waals surface area contributed by atoms with Crippen molar-refractivity contribution in [1.29, 1.82) is 0 Å². The number of benzene rings is 2. The van der Waals surface area contributed by atoms with Crippen LogP contribution in [0.5, 0.6) is 0 Å². The molecule has 0 unspecified atom stereocenters. The third-order valence-corrected chi connectivity index (χ3v) is 3.21. The van der Waals surface area contributed by atoms with Gasteiger partial charge in [-0.25, -0.2) is 4.79 Å². The largest absolute Gasteiger partial charge is 0.352 e. The Morgan fingerprint density at radius 3 is 2.52 bits per heavy atom. The molecule has 4 N–H and O–H groups in total. The van der Waals surface area contributed by atoms with Gasteiger partial charge in [-0.2, -0.15) is 0 Å². The van der Waals surface area contributed by atoms with Crippen molar-refractivity contribution in [3.8, 4) is 12.3 Å². The molecule has 0 aliphatic heterocycles. The molecule has 0 heterocycles. The first-order valence-corrected chi connectivity index (χ1v) is 7.06. The van der Waals surface area contributed by atoms with Crippen molar-refractivity contribution in [3.05, 3.63) is 65.7 Å². The fraction of sp³-hybridized carbons (Fsp3) is 0.111. The predicted molar refractivity (Wildman–Crippen MR) is 89.7 cm³/mol. The summed E-state index contributed by atoms with van der Waals surface area (Å²) in [5, 5.41) is 5.20. The highest BCUT2D eigenvalue weighted by molar-refractivity contribution is 5.97. The van der Waals surface area contributed by atoms with E-state index in [4.69, 9.17) is 12.2 Å². The summed E-state index contributed by atoms with van der Waals surface area (Å²) >= 11 is 0. The van der Waals surface area contributed by atoms with E-state index in [0.29, 0.717) is 17.7 Å². The number of nitrogens with one attached hydrogen (secondary N) is 2. The van der Waals surface area contributed by atoms with Gasteiger partial charge in [0.15, 0.2) is 0 Å². The van der Waals surface area contributed by atoms with Crippen LogP contribution in [0.15, 0.2) is 54.6 Å². The molecule has 1 atom stereocenters. The quantitative estimate of drug-likeness (QED) is 0.737. The molecule has 116 valence electrons. The van der Waals surface area contributed by atoms with Crippen LogP contribution >= 0.6 is 0 Å². The molecule has 0 saturated carbocycles. The molecule has 2 aromatic carbocycles. The number of carbonyl (C=O) groups excluding carboxylic acids is 2. The third-order valence-electron chi connectivity index (χ3n) is 3.21. The Balaban J connectivity index is 2.12. The number of amides is 3. The number of nitrogens with two attached hydrogens (primary N) is 1. The van der Waals surface area contributed by atoms with E-state index in [0.717, 1.165) is 5.56 Å². The molecule has 0 bridgehead atoms. The summed E-state index contributed by atoms with van der Waals surface area (Å²) in [6, 6.07) is 14.8. The lowest BCUT2D eigenvalue weighted by Crippen LogP contribution is -2.47. The lowest BCUT2D eigenvalue weighted by molar-refractivity contribution is -0.117. The first kappa shape index (κ1) is 16.1. The smallest absolute Gasteiger partial charge is 0.312 e. The van der Waals surface area contributed by atoms with Crippen LogP contribution in [-0.4, -0.2) is 18.0 Å². The van der Waals surface area contributed by atoms with Gasteiger partial charge in [0.1, 0.15) is 6.04 Å². The fourth-order valence-corrected chi connectivity index (χ4v) is 2.15. The Hall–Kier alpha value is -3.26. The second kappa shape index (κ2) is 7.66. The van der Waals surface area contributed by atoms with E-state index < -0.39 is 12.1 Å². The van der Waals surface area contributed by atoms with Gasteiger partial charge in [-0.1, -0.05) is 42.3 Å². The number of carbonyl (C=O) groups is 2. The highest BCUT2D eigenvalue weighted by Crippen LogP contribution is 2.11. The lowest BCUT2D eigenvalue weighted by Gasteiger charge is -2.17. The Labute approximate surface area is 134 Å². The van der Waals surface area contributed by atoms with Crippen LogP contribution in [0.4, 0.5) is 10.5 Å².